The SMILES string of the molecule is c1ccc2cc(-c3nc(-c4ccc5c(c4)oc4cc(-n6c7ccccc7c7cc8ccccc8cc76)c6ccccc6c45)nc(-c4cc5ccccc5c5ccccc45)n3)ccc2c1. The van der Waals surface area contributed by atoms with Crippen LogP contribution in [-0.4, -0.2) is 19.5 Å². The van der Waals surface area contributed by atoms with Crippen LogP contribution in [0.15, 0.2) is 211 Å². The number of para-hydroxylation sites is 1. The van der Waals surface area contributed by atoms with Crippen LogP contribution in [-0.2, 0) is 0 Å². The molecule has 3 aromatic heterocycles. The molecule has 0 saturated carbocycles. The summed E-state index contributed by atoms with van der Waals surface area (Å²) in [4.78, 5) is 15.7. The van der Waals surface area contributed by atoms with E-state index in [1.165, 1.54) is 32.3 Å². The Labute approximate surface area is 366 Å². The maximum absolute atomic E-state index is 6.96. The zero-order chi connectivity index (χ0) is 41.9. The normalized spacial score (nSPS) is 12.1. The molecule has 0 saturated heterocycles. The number of fused-ring (bicyclic) bond motifs is 13. The van der Waals surface area contributed by atoms with Gasteiger partial charge in [0.1, 0.15) is 11.2 Å². The molecule has 0 N–H and O–H groups in total. The summed E-state index contributed by atoms with van der Waals surface area (Å²) in [5.41, 5.74) is 7.72. The molecule has 3 heterocycles. The fraction of sp³-hybridized carbons (Fsp3) is 0. The molecule has 64 heavy (non-hydrogen) atoms. The molecule has 0 aliphatic heterocycles. The first kappa shape index (κ1) is 35.0. The smallest absolute Gasteiger partial charge is 0.164 e. The fourth-order valence-corrected chi connectivity index (χ4v) is 10.2. The van der Waals surface area contributed by atoms with Crippen molar-refractivity contribution in [1.82, 2.24) is 19.5 Å². The molecule has 0 atom stereocenters. The van der Waals surface area contributed by atoms with Crippen LogP contribution < -0.4 is 0 Å². The Morgan fingerprint density at radius 3 is 1.69 bits per heavy atom. The molecule has 5 heteroatoms. The van der Waals surface area contributed by atoms with Gasteiger partial charge in [-0.3, -0.25) is 0 Å². The largest absolute Gasteiger partial charge is 0.456 e. The molecule has 5 nitrogen and oxygen atoms in total. The van der Waals surface area contributed by atoms with Crippen LogP contribution in [0.2, 0.25) is 0 Å². The second kappa shape index (κ2) is 13.4. The van der Waals surface area contributed by atoms with Crippen molar-refractivity contribution in [2.24, 2.45) is 0 Å². The highest BCUT2D eigenvalue weighted by Gasteiger charge is 2.21. The molecule has 14 aromatic rings. The monoisotopic (exact) mass is 814 g/mol. The lowest BCUT2D eigenvalue weighted by Crippen LogP contribution is -2.01. The van der Waals surface area contributed by atoms with Crippen LogP contribution in [0.5, 0.6) is 0 Å². The predicted octanol–water partition coefficient (Wildman–Crippen LogP) is 15.6. The minimum absolute atomic E-state index is 0.579. The number of nitrogens with zero attached hydrogens (tertiary/aromatic N) is 4. The molecule has 11 aromatic carbocycles. The number of furan rings is 1. The molecule has 0 fully saturated rings. The summed E-state index contributed by atoms with van der Waals surface area (Å²) in [5, 5.41) is 16.2. The van der Waals surface area contributed by atoms with Gasteiger partial charge in [-0.25, -0.2) is 15.0 Å². The highest BCUT2D eigenvalue weighted by atomic mass is 16.3. The van der Waals surface area contributed by atoms with Crippen molar-refractivity contribution in [1.29, 1.82) is 0 Å². The number of hydrogen-bond donors (Lipinski definition) is 0. The lowest BCUT2D eigenvalue weighted by Gasteiger charge is -2.13. The van der Waals surface area contributed by atoms with Crippen LogP contribution >= 0.6 is 0 Å². The molecular weight excluding hydrogens is 781 g/mol. The average molecular weight is 815 g/mol. The van der Waals surface area contributed by atoms with Gasteiger partial charge in [-0.15, -0.1) is 0 Å². The fourth-order valence-electron chi connectivity index (χ4n) is 10.2. The Balaban J connectivity index is 0.996. The van der Waals surface area contributed by atoms with Gasteiger partial charge in [-0.2, -0.15) is 0 Å². The first-order valence-corrected chi connectivity index (χ1v) is 21.7. The Hall–Kier alpha value is -8.67. The van der Waals surface area contributed by atoms with Gasteiger partial charge in [0, 0.05) is 49.7 Å². The summed E-state index contributed by atoms with van der Waals surface area (Å²) in [5.74, 6) is 1.81. The zero-order valence-electron chi connectivity index (χ0n) is 34.3. The summed E-state index contributed by atoms with van der Waals surface area (Å²) in [6.45, 7) is 0. The van der Waals surface area contributed by atoms with Crippen LogP contribution in [0, 0.1) is 0 Å². The molecule has 0 bridgehead atoms. The maximum atomic E-state index is 6.96. The van der Waals surface area contributed by atoms with Crippen molar-refractivity contribution >= 4 is 97.6 Å². The molecule has 296 valence electrons. The molecule has 14 rings (SSSR count). The van der Waals surface area contributed by atoms with E-state index in [1.54, 1.807) is 0 Å². The Bertz CT molecular complexity index is 4270. The van der Waals surface area contributed by atoms with E-state index in [0.717, 1.165) is 87.7 Å². The summed E-state index contributed by atoms with van der Waals surface area (Å²) in [7, 11) is 0. The van der Waals surface area contributed by atoms with Crippen LogP contribution in [0.4, 0.5) is 0 Å². The van der Waals surface area contributed by atoms with Gasteiger partial charge in [0.15, 0.2) is 17.5 Å². The van der Waals surface area contributed by atoms with Gasteiger partial charge in [0.2, 0.25) is 0 Å². The summed E-state index contributed by atoms with van der Waals surface area (Å²) in [6.07, 6.45) is 0. The van der Waals surface area contributed by atoms with E-state index in [4.69, 9.17) is 19.4 Å². The first-order valence-electron chi connectivity index (χ1n) is 21.7. The van der Waals surface area contributed by atoms with Gasteiger partial charge in [0.25, 0.3) is 0 Å². The number of aromatic nitrogens is 4. The van der Waals surface area contributed by atoms with Gasteiger partial charge in [0.05, 0.1) is 16.7 Å². The lowest BCUT2D eigenvalue weighted by atomic mass is 9.97. The van der Waals surface area contributed by atoms with Crippen molar-refractivity contribution in [2.45, 2.75) is 0 Å². The topological polar surface area (TPSA) is 56.7 Å². The van der Waals surface area contributed by atoms with E-state index in [2.05, 4.69) is 211 Å². The second-order valence-corrected chi connectivity index (χ2v) is 16.8. The third kappa shape index (κ3) is 5.22. The molecule has 0 aliphatic rings. The summed E-state index contributed by atoms with van der Waals surface area (Å²) < 4.78 is 9.37. The zero-order valence-corrected chi connectivity index (χ0v) is 34.3. The second-order valence-electron chi connectivity index (χ2n) is 16.8. The van der Waals surface area contributed by atoms with Crippen molar-refractivity contribution < 1.29 is 4.42 Å². The highest BCUT2D eigenvalue weighted by molar-refractivity contribution is 6.22. The van der Waals surface area contributed by atoms with E-state index in [9.17, 15) is 0 Å². The van der Waals surface area contributed by atoms with E-state index >= 15 is 0 Å². The van der Waals surface area contributed by atoms with Gasteiger partial charge < -0.3 is 8.98 Å². The maximum Gasteiger partial charge on any atom is 0.164 e. The Morgan fingerprint density at radius 2 is 0.891 bits per heavy atom. The van der Waals surface area contributed by atoms with Crippen molar-refractivity contribution in [3.63, 3.8) is 0 Å². The molecule has 0 radical (unpaired) electrons. The van der Waals surface area contributed by atoms with E-state index in [-0.39, 0.29) is 0 Å². The Morgan fingerprint density at radius 1 is 0.312 bits per heavy atom. The van der Waals surface area contributed by atoms with E-state index in [1.807, 2.05) is 0 Å². The predicted molar refractivity (Wildman–Crippen MR) is 265 cm³/mol. The third-order valence-electron chi connectivity index (χ3n) is 13.1. The highest BCUT2D eigenvalue weighted by Crippen LogP contribution is 2.43. The quantitative estimate of drug-likeness (QED) is 0.166. The number of benzene rings is 11. The van der Waals surface area contributed by atoms with E-state index in [0.29, 0.717) is 17.5 Å². The van der Waals surface area contributed by atoms with Crippen LogP contribution in [0.25, 0.3) is 137 Å². The molecule has 0 spiro atoms. The van der Waals surface area contributed by atoms with Gasteiger partial charge in [-0.1, -0.05) is 158 Å². The van der Waals surface area contributed by atoms with Crippen molar-refractivity contribution in [2.75, 3.05) is 0 Å². The lowest BCUT2D eigenvalue weighted by molar-refractivity contribution is 0.669. The molecule has 0 amide bonds. The van der Waals surface area contributed by atoms with Crippen molar-refractivity contribution in [3.8, 4) is 39.9 Å². The molecule has 0 unspecified atom stereocenters. The molecular formula is C59H34N4O. The minimum atomic E-state index is 0.579. The van der Waals surface area contributed by atoms with E-state index < -0.39 is 0 Å². The summed E-state index contributed by atoms with van der Waals surface area (Å²) in [6, 6.07) is 73.3. The standard InChI is InChI=1S/C59H34N4O/c1-2-14-36-29-40(26-25-35(36)13-1)57-60-58(62-59(61-57)50-31-39-17-5-6-18-42(39)43-19-7-8-20-44(43)50)41-27-28-48-54(33-41)64-55-34-53(45-21-9-10-23-47(45)56(48)55)63-51-24-12-11-22-46(51)49-30-37-15-3-4-16-38(37)32-52(49)63/h1-34H. The first-order chi connectivity index (χ1) is 31.7. The van der Waals surface area contributed by atoms with Gasteiger partial charge in [-0.05, 0) is 90.9 Å². The van der Waals surface area contributed by atoms with Crippen LogP contribution in [0.1, 0.15) is 0 Å². The average Bonchev–Trinajstić information content (AvgIpc) is 3.89. The third-order valence-corrected chi connectivity index (χ3v) is 13.1. The minimum Gasteiger partial charge on any atom is -0.456 e. The number of rotatable bonds is 4. The van der Waals surface area contributed by atoms with Crippen LogP contribution in [0.3, 0.4) is 0 Å². The number of hydrogen-bond acceptors (Lipinski definition) is 4. The Kier molecular flexibility index (Phi) is 7.33. The molecule has 0 aliphatic carbocycles. The van der Waals surface area contributed by atoms with Gasteiger partial charge >= 0.3 is 0 Å². The summed E-state index contributed by atoms with van der Waals surface area (Å²) >= 11 is 0. The van der Waals surface area contributed by atoms with Crippen molar-refractivity contribution in [3.05, 3.63) is 206 Å².